The first kappa shape index (κ1) is 22.2. The molecular weight excluding hydrogens is 340 g/mol. The number of rotatable bonds is 7. The molecule has 0 saturated carbocycles. The molecule has 1 rings (SSSR count). The molecule has 25 heavy (non-hydrogen) atoms. The molecule has 148 valence electrons. The van der Waals surface area contributed by atoms with Crippen LogP contribution in [0.2, 0.25) is 0 Å². The molecule has 0 aliphatic carbocycles. The topological polar surface area (TPSA) is 83.0 Å². The fourth-order valence-electron chi connectivity index (χ4n) is 2.99. The SMILES string of the molecule is CCCS(=O)(=O)N1CCC(NC(=NC)NCC(OC)C(C)(C)C)CC1. The van der Waals surface area contributed by atoms with Crippen molar-refractivity contribution in [3.8, 4) is 0 Å². The first-order valence-electron chi connectivity index (χ1n) is 9.11. The Bertz CT molecular complexity index is 521. The maximum Gasteiger partial charge on any atom is 0.214 e. The monoisotopic (exact) mass is 376 g/mol. The summed E-state index contributed by atoms with van der Waals surface area (Å²) in [5, 5.41) is 6.72. The Morgan fingerprint density at radius 2 is 1.92 bits per heavy atom. The molecule has 1 atom stereocenters. The van der Waals surface area contributed by atoms with Gasteiger partial charge in [0.05, 0.1) is 11.9 Å². The van der Waals surface area contributed by atoms with Crippen LogP contribution in [0.15, 0.2) is 4.99 Å². The van der Waals surface area contributed by atoms with Crippen molar-refractivity contribution in [3.63, 3.8) is 0 Å². The van der Waals surface area contributed by atoms with Crippen LogP contribution < -0.4 is 10.6 Å². The zero-order valence-electron chi connectivity index (χ0n) is 16.6. The average molecular weight is 377 g/mol. The summed E-state index contributed by atoms with van der Waals surface area (Å²) in [5.41, 5.74) is 0.0412. The van der Waals surface area contributed by atoms with E-state index in [1.165, 1.54) is 0 Å². The lowest BCUT2D eigenvalue weighted by atomic mass is 9.89. The van der Waals surface area contributed by atoms with Crippen molar-refractivity contribution >= 4 is 16.0 Å². The van der Waals surface area contributed by atoms with E-state index in [2.05, 4.69) is 36.4 Å². The third-order valence-electron chi connectivity index (χ3n) is 4.58. The van der Waals surface area contributed by atoms with Crippen LogP contribution in [0, 0.1) is 5.41 Å². The van der Waals surface area contributed by atoms with Gasteiger partial charge in [-0.15, -0.1) is 0 Å². The van der Waals surface area contributed by atoms with Crippen LogP contribution in [-0.4, -0.2) is 70.4 Å². The summed E-state index contributed by atoms with van der Waals surface area (Å²) in [6, 6.07) is 0.231. The van der Waals surface area contributed by atoms with Gasteiger partial charge in [-0.3, -0.25) is 4.99 Å². The second-order valence-electron chi connectivity index (χ2n) is 7.68. The maximum atomic E-state index is 12.1. The lowest BCUT2D eigenvalue weighted by molar-refractivity contribution is 0.0205. The van der Waals surface area contributed by atoms with Gasteiger partial charge in [0, 0.05) is 39.8 Å². The Hall–Kier alpha value is -0.860. The van der Waals surface area contributed by atoms with Gasteiger partial charge >= 0.3 is 0 Å². The number of piperidine rings is 1. The molecule has 0 bridgehead atoms. The van der Waals surface area contributed by atoms with E-state index in [0.717, 1.165) is 18.8 Å². The summed E-state index contributed by atoms with van der Waals surface area (Å²) in [5.74, 6) is 0.973. The first-order valence-corrected chi connectivity index (χ1v) is 10.7. The molecule has 1 aliphatic heterocycles. The molecule has 8 heteroatoms. The Balaban J connectivity index is 2.48. The van der Waals surface area contributed by atoms with Crippen molar-refractivity contribution < 1.29 is 13.2 Å². The molecule has 0 amide bonds. The van der Waals surface area contributed by atoms with Crippen LogP contribution >= 0.6 is 0 Å². The summed E-state index contributed by atoms with van der Waals surface area (Å²) >= 11 is 0. The molecule has 0 spiro atoms. The second-order valence-corrected chi connectivity index (χ2v) is 9.77. The highest BCUT2D eigenvalue weighted by Gasteiger charge is 2.28. The van der Waals surface area contributed by atoms with Gasteiger partial charge in [-0.05, 0) is 24.7 Å². The van der Waals surface area contributed by atoms with E-state index in [1.54, 1.807) is 18.5 Å². The summed E-state index contributed by atoms with van der Waals surface area (Å²) < 4.78 is 31.4. The van der Waals surface area contributed by atoms with Crippen LogP contribution in [0.4, 0.5) is 0 Å². The highest BCUT2D eigenvalue weighted by Crippen LogP contribution is 2.21. The number of hydrogen-bond acceptors (Lipinski definition) is 4. The number of aliphatic imine (C=N–C) groups is 1. The summed E-state index contributed by atoms with van der Waals surface area (Å²) in [4.78, 5) is 4.27. The van der Waals surface area contributed by atoms with E-state index in [9.17, 15) is 8.42 Å². The minimum Gasteiger partial charge on any atom is -0.379 e. The van der Waals surface area contributed by atoms with E-state index in [1.807, 2.05) is 6.92 Å². The number of ether oxygens (including phenoxy) is 1. The Kier molecular flexibility index (Phi) is 8.63. The van der Waals surface area contributed by atoms with Crippen LogP contribution in [0.1, 0.15) is 47.0 Å². The van der Waals surface area contributed by atoms with Gasteiger partial charge in [0.15, 0.2) is 5.96 Å². The first-order chi connectivity index (χ1) is 11.6. The van der Waals surface area contributed by atoms with Crippen LogP contribution in [0.25, 0.3) is 0 Å². The second kappa shape index (κ2) is 9.73. The summed E-state index contributed by atoms with van der Waals surface area (Å²) in [7, 11) is 0.379. The molecule has 0 aromatic carbocycles. The molecule has 1 saturated heterocycles. The number of sulfonamides is 1. The smallest absolute Gasteiger partial charge is 0.214 e. The lowest BCUT2D eigenvalue weighted by Gasteiger charge is -2.33. The zero-order chi connectivity index (χ0) is 19.1. The van der Waals surface area contributed by atoms with Crippen LogP contribution in [0.3, 0.4) is 0 Å². The molecule has 1 fully saturated rings. The highest BCUT2D eigenvalue weighted by molar-refractivity contribution is 7.89. The van der Waals surface area contributed by atoms with E-state index < -0.39 is 10.0 Å². The zero-order valence-corrected chi connectivity index (χ0v) is 17.4. The Labute approximate surface area is 153 Å². The summed E-state index contributed by atoms with van der Waals surface area (Å²) in [6.07, 6.45) is 2.31. The van der Waals surface area contributed by atoms with Crippen LogP contribution in [-0.2, 0) is 14.8 Å². The number of nitrogens with zero attached hydrogens (tertiary/aromatic N) is 2. The molecule has 7 nitrogen and oxygen atoms in total. The molecule has 1 unspecified atom stereocenters. The molecule has 2 N–H and O–H groups in total. The normalized spacial score (nSPS) is 19.7. The lowest BCUT2D eigenvalue weighted by Crippen LogP contribution is -2.51. The van der Waals surface area contributed by atoms with E-state index in [4.69, 9.17) is 4.74 Å². The molecule has 0 aromatic heterocycles. The quantitative estimate of drug-likeness (QED) is 0.519. The van der Waals surface area contributed by atoms with Gasteiger partial charge in [-0.25, -0.2) is 12.7 Å². The number of methoxy groups -OCH3 is 1. The minimum atomic E-state index is -3.09. The van der Waals surface area contributed by atoms with Crippen molar-refractivity contribution in [1.82, 2.24) is 14.9 Å². The number of hydrogen-bond donors (Lipinski definition) is 2. The number of nitrogens with one attached hydrogen (secondary N) is 2. The molecule has 1 aliphatic rings. The fraction of sp³-hybridized carbons (Fsp3) is 0.941. The van der Waals surface area contributed by atoms with E-state index >= 15 is 0 Å². The third kappa shape index (κ3) is 7.11. The predicted octanol–water partition coefficient (Wildman–Crippen LogP) is 1.42. The highest BCUT2D eigenvalue weighted by atomic mass is 32.2. The van der Waals surface area contributed by atoms with Gasteiger partial charge in [0.1, 0.15) is 0 Å². The Morgan fingerprint density at radius 1 is 1.32 bits per heavy atom. The maximum absolute atomic E-state index is 12.1. The van der Waals surface area contributed by atoms with E-state index in [-0.39, 0.29) is 23.3 Å². The third-order valence-corrected chi connectivity index (χ3v) is 6.66. The summed E-state index contributed by atoms with van der Waals surface area (Å²) in [6.45, 7) is 10.1. The van der Waals surface area contributed by atoms with Crippen molar-refractivity contribution in [3.05, 3.63) is 0 Å². The van der Waals surface area contributed by atoms with Gasteiger partial charge in [0.2, 0.25) is 10.0 Å². The van der Waals surface area contributed by atoms with Crippen molar-refractivity contribution in [2.75, 3.05) is 39.5 Å². The molecular formula is C17H36N4O3S. The number of guanidine groups is 1. The minimum absolute atomic E-state index is 0.0412. The van der Waals surface area contributed by atoms with Gasteiger partial charge in [0.25, 0.3) is 0 Å². The fourth-order valence-corrected chi connectivity index (χ4v) is 4.53. The standard InChI is InChI=1S/C17H36N4O3S/c1-7-12-25(22,23)21-10-8-14(9-11-21)20-16(18-5)19-13-15(24-6)17(2,3)4/h14-15H,7-13H2,1-6H3,(H2,18,19,20). The average Bonchev–Trinajstić information content (AvgIpc) is 2.53. The molecule has 1 heterocycles. The van der Waals surface area contributed by atoms with Gasteiger partial charge < -0.3 is 15.4 Å². The largest absolute Gasteiger partial charge is 0.379 e. The van der Waals surface area contributed by atoms with E-state index in [0.29, 0.717) is 26.1 Å². The van der Waals surface area contributed by atoms with Gasteiger partial charge in [-0.1, -0.05) is 27.7 Å². The predicted molar refractivity (Wildman–Crippen MR) is 103 cm³/mol. The van der Waals surface area contributed by atoms with Crippen molar-refractivity contribution in [1.29, 1.82) is 0 Å². The van der Waals surface area contributed by atoms with Crippen molar-refractivity contribution in [2.45, 2.75) is 59.1 Å². The molecule has 0 aromatic rings. The molecule has 0 radical (unpaired) electrons. The van der Waals surface area contributed by atoms with Gasteiger partial charge in [-0.2, -0.15) is 0 Å². The van der Waals surface area contributed by atoms with Crippen LogP contribution in [0.5, 0.6) is 0 Å². The van der Waals surface area contributed by atoms with Crippen molar-refractivity contribution in [2.24, 2.45) is 10.4 Å². The Morgan fingerprint density at radius 3 is 2.36 bits per heavy atom.